The van der Waals surface area contributed by atoms with E-state index in [9.17, 15) is 9.90 Å². The van der Waals surface area contributed by atoms with Crippen LogP contribution in [-0.2, 0) is 6.42 Å². The number of ether oxygens (including phenoxy) is 1. The third-order valence-electron chi connectivity index (χ3n) is 4.91. The topological polar surface area (TPSA) is 66.8 Å². The number of hydrogen-bond donors (Lipinski definition) is 2. The van der Waals surface area contributed by atoms with E-state index in [1.165, 1.54) is 17.2 Å². The van der Waals surface area contributed by atoms with Crippen molar-refractivity contribution in [2.24, 2.45) is 0 Å². The SMILES string of the molecule is CC(C)=CCCC(C)=CCC[C@](C)(O)[C@@H]1Cc2cc(C(=O)O)ccc2O1. The Kier molecular flexibility index (Phi) is 6.65. The van der Waals surface area contributed by atoms with Gasteiger partial charge < -0.3 is 14.9 Å². The molecule has 0 aromatic heterocycles. The molecule has 0 radical (unpaired) electrons. The third-order valence-corrected chi connectivity index (χ3v) is 4.91. The van der Waals surface area contributed by atoms with Gasteiger partial charge in [-0.15, -0.1) is 0 Å². The van der Waals surface area contributed by atoms with Crippen LogP contribution in [0.1, 0.15) is 69.3 Å². The van der Waals surface area contributed by atoms with E-state index >= 15 is 0 Å². The fourth-order valence-corrected chi connectivity index (χ4v) is 3.19. The second-order valence-electron chi connectivity index (χ2n) is 7.70. The number of benzene rings is 1. The second kappa shape index (κ2) is 8.54. The number of allylic oxidation sites excluding steroid dienone is 4. The molecule has 4 heteroatoms. The van der Waals surface area contributed by atoms with E-state index in [-0.39, 0.29) is 11.7 Å². The maximum atomic E-state index is 11.1. The molecule has 26 heavy (non-hydrogen) atoms. The molecule has 0 unspecified atom stereocenters. The van der Waals surface area contributed by atoms with Gasteiger partial charge in [-0.05, 0) is 77.1 Å². The van der Waals surface area contributed by atoms with Crippen LogP contribution in [0.5, 0.6) is 5.75 Å². The molecule has 1 heterocycles. The molecule has 0 saturated heterocycles. The van der Waals surface area contributed by atoms with E-state index < -0.39 is 11.6 Å². The van der Waals surface area contributed by atoms with Crippen LogP contribution in [-0.4, -0.2) is 27.9 Å². The lowest BCUT2D eigenvalue weighted by Gasteiger charge is -2.29. The van der Waals surface area contributed by atoms with Crippen molar-refractivity contribution < 1.29 is 19.7 Å². The minimum absolute atomic E-state index is 0.252. The number of fused-ring (bicyclic) bond motifs is 1. The third kappa shape index (κ3) is 5.46. The largest absolute Gasteiger partial charge is 0.487 e. The van der Waals surface area contributed by atoms with Crippen molar-refractivity contribution in [1.29, 1.82) is 0 Å². The van der Waals surface area contributed by atoms with Gasteiger partial charge in [0.1, 0.15) is 11.9 Å². The predicted molar refractivity (Wildman–Crippen MR) is 104 cm³/mol. The van der Waals surface area contributed by atoms with Gasteiger partial charge in [0.05, 0.1) is 11.2 Å². The van der Waals surface area contributed by atoms with Gasteiger partial charge in [-0.25, -0.2) is 4.79 Å². The molecule has 1 aromatic rings. The molecule has 2 rings (SSSR count). The Morgan fingerprint density at radius 2 is 2.00 bits per heavy atom. The molecule has 0 spiro atoms. The average molecular weight is 358 g/mol. The van der Waals surface area contributed by atoms with Gasteiger partial charge in [0.15, 0.2) is 0 Å². The molecule has 0 aliphatic carbocycles. The lowest BCUT2D eigenvalue weighted by atomic mass is 9.90. The van der Waals surface area contributed by atoms with Gasteiger partial charge in [0, 0.05) is 6.42 Å². The monoisotopic (exact) mass is 358 g/mol. The number of rotatable bonds is 8. The minimum Gasteiger partial charge on any atom is -0.487 e. The normalized spacial score (nSPS) is 18.7. The maximum Gasteiger partial charge on any atom is 0.335 e. The summed E-state index contributed by atoms with van der Waals surface area (Å²) in [5.41, 5.74) is 2.81. The Balaban J connectivity index is 1.90. The first-order valence-corrected chi connectivity index (χ1v) is 9.23. The Morgan fingerprint density at radius 1 is 1.27 bits per heavy atom. The van der Waals surface area contributed by atoms with Crippen LogP contribution in [0.15, 0.2) is 41.5 Å². The van der Waals surface area contributed by atoms with Gasteiger partial charge in [-0.2, -0.15) is 0 Å². The highest BCUT2D eigenvalue weighted by atomic mass is 16.5. The van der Waals surface area contributed by atoms with Crippen molar-refractivity contribution in [3.05, 3.63) is 52.6 Å². The summed E-state index contributed by atoms with van der Waals surface area (Å²) >= 11 is 0. The average Bonchev–Trinajstić information content (AvgIpc) is 2.98. The number of carbonyl (C=O) groups is 1. The Hall–Kier alpha value is -2.07. The van der Waals surface area contributed by atoms with Crippen molar-refractivity contribution in [2.75, 3.05) is 0 Å². The quantitative estimate of drug-likeness (QED) is 0.648. The van der Waals surface area contributed by atoms with Crippen molar-refractivity contribution in [1.82, 2.24) is 0 Å². The van der Waals surface area contributed by atoms with Gasteiger partial charge in [0.2, 0.25) is 0 Å². The van der Waals surface area contributed by atoms with E-state index in [0.29, 0.717) is 18.6 Å². The first-order valence-electron chi connectivity index (χ1n) is 9.23. The molecule has 1 aliphatic heterocycles. The Bertz CT molecular complexity index is 709. The number of carboxylic acids is 1. The smallest absolute Gasteiger partial charge is 0.335 e. The van der Waals surface area contributed by atoms with Crippen LogP contribution in [0.3, 0.4) is 0 Å². The summed E-state index contributed by atoms with van der Waals surface area (Å²) in [6.45, 7) is 8.14. The highest BCUT2D eigenvalue weighted by Crippen LogP contribution is 2.35. The van der Waals surface area contributed by atoms with Crippen molar-refractivity contribution >= 4 is 5.97 Å². The second-order valence-corrected chi connectivity index (χ2v) is 7.70. The standard InChI is InChI=1S/C22H30O4/c1-15(2)7-5-8-16(3)9-6-12-22(4,25)20-14-18-13-17(21(23)24)10-11-19(18)26-20/h7,9-11,13,20,25H,5-6,8,12,14H2,1-4H3,(H,23,24)/t20-,22-/m0/s1. The lowest BCUT2D eigenvalue weighted by molar-refractivity contribution is -0.0433. The van der Waals surface area contributed by atoms with Crippen LogP contribution in [0, 0.1) is 0 Å². The van der Waals surface area contributed by atoms with E-state index in [2.05, 4.69) is 32.9 Å². The molecule has 2 atom stereocenters. The minimum atomic E-state index is -0.959. The molecule has 1 aliphatic rings. The molecule has 2 N–H and O–H groups in total. The highest BCUT2D eigenvalue weighted by molar-refractivity contribution is 5.88. The van der Waals surface area contributed by atoms with E-state index in [0.717, 1.165) is 24.8 Å². The maximum absolute atomic E-state index is 11.1. The van der Waals surface area contributed by atoms with Gasteiger partial charge >= 0.3 is 5.97 Å². The zero-order valence-corrected chi connectivity index (χ0v) is 16.2. The molecule has 0 saturated carbocycles. The van der Waals surface area contributed by atoms with Gasteiger partial charge in [0.25, 0.3) is 0 Å². The summed E-state index contributed by atoms with van der Waals surface area (Å²) in [7, 11) is 0. The summed E-state index contributed by atoms with van der Waals surface area (Å²) in [6, 6.07) is 4.86. The zero-order chi connectivity index (χ0) is 19.3. The number of hydrogen-bond acceptors (Lipinski definition) is 3. The molecule has 4 nitrogen and oxygen atoms in total. The summed E-state index contributed by atoms with van der Waals surface area (Å²) in [5, 5.41) is 19.9. The number of aliphatic hydroxyl groups is 1. The fraction of sp³-hybridized carbons (Fsp3) is 0.500. The first kappa shape index (κ1) is 20.2. The molecule has 1 aromatic carbocycles. The number of carboxylic acid groups (broad SMARTS) is 1. The fourth-order valence-electron chi connectivity index (χ4n) is 3.19. The van der Waals surface area contributed by atoms with Crippen molar-refractivity contribution in [2.45, 2.75) is 71.5 Å². The first-order chi connectivity index (χ1) is 12.2. The highest BCUT2D eigenvalue weighted by Gasteiger charge is 2.38. The molecule has 0 fully saturated rings. The molecule has 0 bridgehead atoms. The van der Waals surface area contributed by atoms with Crippen molar-refractivity contribution in [3.63, 3.8) is 0 Å². The van der Waals surface area contributed by atoms with E-state index in [1.807, 2.05) is 0 Å². The van der Waals surface area contributed by atoms with Crippen molar-refractivity contribution in [3.8, 4) is 5.75 Å². The Morgan fingerprint density at radius 3 is 2.65 bits per heavy atom. The van der Waals surface area contributed by atoms with E-state index in [4.69, 9.17) is 9.84 Å². The summed E-state index contributed by atoms with van der Waals surface area (Å²) < 4.78 is 5.88. The molecule has 0 amide bonds. The predicted octanol–water partition coefficient (Wildman–Crippen LogP) is 4.91. The molecular formula is C22H30O4. The van der Waals surface area contributed by atoms with Crippen LogP contribution in [0.2, 0.25) is 0 Å². The molecule has 142 valence electrons. The molecular weight excluding hydrogens is 328 g/mol. The zero-order valence-electron chi connectivity index (χ0n) is 16.2. The van der Waals surface area contributed by atoms with E-state index in [1.54, 1.807) is 19.1 Å². The summed E-state index contributed by atoms with van der Waals surface area (Å²) in [4.78, 5) is 11.1. The lowest BCUT2D eigenvalue weighted by Crippen LogP contribution is -2.42. The Labute approximate surface area is 156 Å². The number of aromatic carboxylic acids is 1. The van der Waals surface area contributed by atoms with Crippen LogP contribution < -0.4 is 4.74 Å². The van der Waals surface area contributed by atoms with Crippen LogP contribution in [0.25, 0.3) is 0 Å². The van der Waals surface area contributed by atoms with Gasteiger partial charge in [-0.1, -0.05) is 23.3 Å². The summed E-state index contributed by atoms with van der Waals surface area (Å²) in [6.07, 6.45) is 8.11. The van der Waals surface area contributed by atoms with Crippen LogP contribution >= 0.6 is 0 Å². The van der Waals surface area contributed by atoms with Crippen LogP contribution in [0.4, 0.5) is 0 Å². The van der Waals surface area contributed by atoms with Gasteiger partial charge in [-0.3, -0.25) is 0 Å². The summed E-state index contributed by atoms with van der Waals surface area (Å²) in [5.74, 6) is -0.273.